The summed E-state index contributed by atoms with van der Waals surface area (Å²) in [5.41, 5.74) is 3.96. The lowest BCUT2D eigenvalue weighted by Crippen LogP contribution is -2.26. The molecule has 0 heterocycles. The molecular formula is C17H18BrN3O3. The number of benzene rings is 2. The zero-order valence-electron chi connectivity index (χ0n) is 13.4. The van der Waals surface area contributed by atoms with Crippen LogP contribution in [0.2, 0.25) is 0 Å². The number of nitrogens with one attached hydrogen (secondary N) is 2. The minimum Gasteiger partial charge on any atom is -0.496 e. The normalized spacial score (nSPS) is 10.5. The van der Waals surface area contributed by atoms with Crippen molar-refractivity contribution >= 4 is 33.7 Å². The summed E-state index contributed by atoms with van der Waals surface area (Å²) in [4.78, 5) is 11.9. The van der Waals surface area contributed by atoms with Gasteiger partial charge in [-0.25, -0.2) is 5.43 Å². The second-order valence-electron chi connectivity index (χ2n) is 4.73. The lowest BCUT2D eigenvalue weighted by Gasteiger charge is -2.09. The second kappa shape index (κ2) is 8.93. The Morgan fingerprint density at radius 3 is 2.67 bits per heavy atom. The molecule has 0 unspecified atom stereocenters. The van der Waals surface area contributed by atoms with Crippen LogP contribution in [0.25, 0.3) is 0 Å². The van der Waals surface area contributed by atoms with Crippen LogP contribution in [0.5, 0.6) is 11.5 Å². The average molecular weight is 392 g/mol. The molecule has 7 heteroatoms. The van der Waals surface area contributed by atoms with Crippen molar-refractivity contribution in [2.45, 2.75) is 0 Å². The van der Waals surface area contributed by atoms with Crippen LogP contribution >= 0.6 is 15.9 Å². The van der Waals surface area contributed by atoms with Gasteiger partial charge in [0.15, 0.2) is 0 Å². The molecular weight excluding hydrogens is 374 g/mol. The van der Waals surface area contributed by atoms with E-state index in [0.717, 1.165) is 15.7 Å². The van der Waals surface area contributed by atoms with Gasteiger partial charge in [0, 0.05) is 10.0 Å². The summed E-state index contributed by atoms with van der Waals surface area (Å²) in [5.74, 6) is 1.07. The highest BCUT2D eigenvalue weighted by atomic mass is 79.9. The van der Waals surface area contributed by atoms with Crippen molar-refractivity contribution in [3.8, 4) is 11.5 Å². The molecule has 0 saturated heterocycles. The third-order valence-electron chi connectivity index (χ3n) is 3.13. The molecule has 1 amide bonds. The van der Waals surface area contributed by atoms with Gasteiger partial charge in [-0.05, 0) is 30.3 Å². The first-order chi connectivity index (χ1) is 11.6. The molecule has 0 atom stereocenters. The minimum absolute atomic E-state index is 0.0767. The smallest absolute Gasteiger partial charge is 0.259 e. The van der Waals surface area contributed by atoms with Crippen molar-refractivity contribution in [1.82, 2.24) is 5.43 Å². The van der Waals surface area contributed by atoms with Crippen molar-refractivity contribution in [3.63, 3.8) is 0 Å². The summed E-state index contributed by atoms with van der Waals surface area (Å²) in [6.07, 6.45) is 1.53. The highest BCUT2D eigenvalue weighted by Gasteiger charge is 2.04. The lowest BCUT2D eigenvalue weighted by molar-refractivity contribution is -0.119. The minimum atomic E-state index is -0.272. The van der Waals surface area contributed by atoms with E-state index in [2.05, 4.69) is 31.8 Å². The number of carbonyl (C=O) groups excluding carboxylic acids is 1. The van der Waals surface area contributed by atoms with Crippen molar-refractivity contribution < 1.29 is 14.3 Å². The first-order valence-corrected chi connectivity index (χ1v) is 7.95. The molecule has 24 heavy (non-hydrogen) atoms. The maximum Gasteiger partial charge on any atom is 0.259 e. The Kier molecular flexibility index (Phi) is 6.62. The summed E-state index contributed by atoms with van der Waals surface area (Å²) < 4.78 is 11.3. The maximum atomic E-state index is 11.9. The van der Waals surface area contributed by atoms with E-state index in [9.17, 15) is 4.79 Å². The zero-order chi connectivity index (χ0) is 17.4. The summed E-state index contributed by atoms with van der Waals surface area (Å²) in [5, 5.41) is 6.95. The van der Waals surface area contributed by atoms with Gasteiger partial charge in [-0.1, -0.05) is 28.1 Å². The largest absolute Gasteiger partial charge is 0.496 e. The number of hydrogen-bond donors (Lipinski definition) is 2. The standard InChI is InChI=1S/C17H18BrN3O3/c1-23-15-8-7-13(18)9-12(15)10-20-21-17(22)11-19-14-5-3-4-6-16(14)24-2/h3-10,19H,11H2,1-2H3,(H,21,22)/b20-10+. The summed E-state index contributed by atoms with van der Waals surface area (Å²) in [6.45, 7) is 0.0767. The number of amides is 1. The molecule has 0 aliphatic rings. The van der Waals surface area contributed by atoms with Gasteiger partial charge in [0.2, 0.25) is 0 Å². The van der Waals surface area contributed by atoms with Crippen LogP contribution in [0, 0.1) is 0 Å². The Morgan fingerprint density at radius 1 is 1.17 bits per heavy atom. The molecule has 0 radical (unpaired) electrons. The first-order valence-electron chi connectivity index (χ1n) is 7.16. The summed E-state index contributed by atoms with van der Waals surface area (Å²) >= 11 is 3.38. The quantitative estimate of drug-likeness (QED) is 0.561. The third-order valence-corrected chi connectivity index (χ3v) is 3.62. The zero-order valence-corrected chi connectivity index (χ0v) is 15.0. The van der Waals surface area contributed by atoms with E-state index in [0.29, 0.717) is 11.5 Å². The van der Waals surface area contributed by atoms with Gasteiger partial charge in [0.1, 0.15) is 11.5 Å². The van der Waals surface area contributed by atoms with Crippen LogP contribution in [0.3, 0.4) is 0 Å². The fourth-order valence-corrected chi connectivity index (χ4v) is 2.36. The number of carbonyl (C=O) groups is 1. The number of methoxy groups -OCH3 is 2. The summed E-state index contributed by atoms with van der Waals surface area (Å²) in [7, 11) is 3.16. The molecule has 0 aliphatic carbocycles. The number of anilines is 1. The van der Waals surface area contributed by atoms with Crippen molar-refractivity contribution in [1.29, 1.82) is 0 Å². The van der Waals surface area contributed by atoms with Crippen LogP contribution in [0.4, 0.5) is 5.69 Å². The van der Waals surface area contributed by atoms with Gasteiger partial charge in [0.25, 0.3) is 5.91 Å². The number of nitrogens with zero attached hydrogens (tertiary/aromatic N) is 1. The second-order valence-corrected chi connectivity index (χ2v) is 5.65. The highest BCUT2D eigenvalue weighted by molar-refractivity contribution is 9.10. The van der Waals surface area contributed by atoms with Crippen molar-refractivity contribution in [3.05, 3.63) is 52.5 Å². The monoisotopic (exact) mass is 391 g/mol. The van der Waals surface area contributed by atoms with Crippen LogP contribution < -0.4 is 20.2 Å². The highest BCUT2D eigenvalue weighted by Crippen LogP contribution is 2.22. The first kappa shape index (κ1) is 17.8. The Labute approximate surface area is 149 Å². The van der Waals surface area contributed by atoms with Crippen LogP contribution in [-0.4, -0.2) is 32.9 Å². The topological polar surface area (TPSA) is 72.0 Å². The predicted octanol–water partition coefficient (Wildman–Crippen LogP) is 3.03. The van der Waals surface area contributed by atoms with Gasteiger partial charge < -0.3 is 14.8 Å². The van der Waals surface area contributed by atoms with E-state index in [-0.39, 0.29) is 12.5 Å². The molecule has 2 N–H and O–H groups in total. The van der Waals surface area contributed by atoms with E-state index in [1.807, 2.05) is 42.5 Å². The Morgan fingerprint density at radius 2 is 1.92 bits per heavy atom. The number of halogens is 1. The number of hydrazone groups is 1. The van der Waals surface area contributed by atoms with Gasteiger partial charge in [-0.2, -0.15) is 5.10 Å². The lowest BCUT2D eigenvalue weighted by atomic mass is 10.2. The number of hydrogen-bond acceptors (Lipinski definition) is 5. The van der Waals surface area contributed by atoms with E-state index in [1.54, 1.807) is 14.2 Å². The average Bonchev–Trinajstić information content (AvgIpc) is 2.60. The third kappa shape index (κ3) is 4.99. The molecule has 0 aliphatic heterocycles. The van der Waals surface area contributed by atoms with Crippen molar-refractivity contribution in [2.75, 3.05) is 26.1 Å². The Balaban J connectivity index is 1.90. The Hall–Kier alpha value is -2.54. The molecule has 0 fully saturated rings. The van der Waals surface area contributed by atoms with E-state index in [4.69, 9.17) is 9.47 Å². The fraction of sp³-hybridized carbons (Fsp3) is 0.176. The molecule has 0 spiro atoms. The van der Waals surface area contributed by atoms with Crippen LogP contribution in [-0.2, 0) is 4.79 Å². The molecule has 126 valence electrons. The number of ether oxygens (including phenoxy) is 2. The Bertz CT molecular complexity index is 735. The molecule has 0 aromatic heterocycles. The van der Waals surface area contributed by atoms with E-state index < -0.39 is 0 Å². The molecule has 0 bridgehead atoms. The predicted molar refractivity (Wildman–Crippen MR) is 97.9 cm³/mol. The van der Waals surface area contributed by atoms with E-state index >= 15 is 0 Å². The molecule has 2 aromatic rings. The van der Waals surface area contributed by atoms with Gasteiger partial charge >= 0.3 is 0 Å². The van der Waals surface area contributed by atoms with Gasteiger partial charge in [0.05, 0.1) is 32.7 Å². The van der Waals surface area contributed by atoms with Crippen LogP contribution in [0.1, 0.15) is 5.56 Å². The van der Waals surface area contributed by atoms with Gasteiger partial charge in [-0.3, -0.25) is 4.79 Å². The van der Waals surface area contributed by atoms with E-state index in [1.165, 1.54) is 6.21 Å². The SMILES string of the molecule is COc1ccc(Br)cc1/C=N/NC(=O)CNc1ccccc1OC. The fourth-order valence-electron chi connectivity index (χ4n) is 1.99. The maximum absolute atomic E-state index is 11.9. The van der Waals surface area contributed by atoms with Crippen molar-refractivity contribution in [2.24, 2.45) is 5.10 Å². The molecule has 2 aromatic carbocycles. The number of rotatable bonds is 7. The molecule has 6 nitrogen and oxygen atoms in total. The molecule has 2 rings (SSSR count). The van der Waals surface area contributed by atoms with Crippen LogP contribution in [0.15, 0.2) is 52.0 Å². The number of para-hydroxylation sites is 2. The summed E-state index contributed by atoms with van der Waals surface area (Å²) in [6, 6.07) is 12.9. The van der Waals surface area contributed by atoms with Gasteiger partial charge in [-0.15, -0.1) is 0 Å². The molecule has 0 saturated carbocycles.